The van der Waals surface area contributed by atoms with Gasteiger partial charge in [-0.2, -0.15) is 0 Å². The summed E-state index contributed by atoms with van der Waals surface area (Å²) in [7, 11) is 0. The summed E-state index contributed by atoms with van der Waals surface area (Å²) in [6.45, 7) is 10.4. The van der Waals surface area contributed by atoms with Gasteiger partial charge in [-0.25, -0.2) is 0 Å². The van der Waals surface area contributed by atoms with Crippen LogP contribution in [0.5, 0.6) is 0 Å². The maximum atomic E-state index is 2.62. The first-order valence-electron chi connectivity index (χ1n) is 7.16. The first-order valence-corrected chi connectivity index (χ1v) is 7.16. The Morgan fingerprint density at radius 1 is 0.800 bits per heavy atom. The number of likely N-dealkylation sites (tertiary alicyclic amines) is 1. The maximum absolute atomic E-state index is 2.62. The second-order valence-electron chi connectivity index (χ2n) is 4.32. The van der Waals surface area contributed by atoms with Crippen molar-refractivity contribution in [1.29, 1.82) is 0 Å². The van der Waals surface area contributed by atoms with E-state index < -0.39 is 0 Å². The molecule has 0 saturated carbocycles. The van der Waals surface area contributed by atoms with Crippen LogP contribution in [0.4, 0.5) is 0 Å². The molecule has 0 spiro atoms. The molecule has 0 aromatic heterocycles. The average Bonchev–Trinajstić information content (AvgIpc) is 2.79. The van der Waals surface area contributed by atoms with E-state index in [2.05, 4.69) is 11.8 Å². The standard InChI is InChI=1S/C12H25N.C2H6/c1-2-3-4-5-6-7-10-13-11-8-9-12-13;1-2/h2-12H2,1H3;1-2H3. The zero-order valence-electron chi connectivity index (χ0n) is 11.2. The van der Waals surface area contributed by atoms with Crippen LogP contribution < -0.4 is 0 Å². The highest BCUT2D eigenvalue weighted by atomic mass is 15.1. The third kappa shape index (κ3) is 8.92. The fourth-order valence-corrected chi connectivity index (χ4v) is 2.12. The van der Waals surface area contributed by atoms with Crippen LogP contribution in [0.15, 0.2) is 0 Å². The molecule has 0 unspecified atom stereocenters. The van der Waals surface area contributed by atoms with Gasteiger partial charge >= 0.3 is 0 Å². The van der Waals surface area contributed by atoms with E-state index in [4.69, 9.17) is 0 Å². The second kappa shape index (κ2) is 12.0. The van der Waals surface area contributed by atoms with Crippen LogP contribution in [-0.2, 0) is 0 Å². The molecule has 1 nitrogen and oxygen atoms in total. The topological polar surface area (TPSA) is 3.24 Å². The molecular weight excluding hydrogens is 182 g/mol. The summed E-state index contributed by atoms with van der Waals surface area (Å²) in [6.07, 6.45) is 11.5. The zero-order chi connectivity index (χ0) is 11.4. The van der Waals surface area contributed by atoms with Crippen molar-refractivity contribution in [2.24, 2.45) is 0 Å². The van der Waals surface area contributed by atoms with Crippen LogP contribution >= 0.6 is 0 Å². The lowest BCUT2D eigenvalue weighted by Gasteiger charge is -2.13. The summed E-state index contributed by atoms with van der Waals surface area (Å²) in [6, 6.07) is 0. The minimum Gasteiger partial charge on any atom is -0.303 e. The number of nitrogens with zero attached hydrogens (tertiary/aromatic N) is 1. The number of hydrogen-bond acceptors (Lipinski definition) is 1. The lowest BCUT2D eigenvalue weighted by atomic mass is 10.1. The van der Waals surface area contributed by atoms with Gasteiger partial charge in [0.1, 0.15) is 0 Å². The average molecular weight is 213 g/mol. The Labute approximate surface area is 97.2 Å². The number of hydrogen-bond donors (Lipinski definition) is 0. The molecule has 0 aliphatic carbocycles. The van der Waals surface area contributed by atoms with Crippen LogP contribution in [0.2, 0.25) is 0 Å². The summed E-state index contributed by atoms with van der Waals surface area (Å²) in [5, 5.41) is 0. The van der Waals surface area contributed by atoms with E-state index in [-0.39, 0.29) is 0 Å². The van der Waals surface area contributed by atoms with Gasteiger partial charge in [0.2, 0.25) is 0 Å². The molecule has 1 fully saturated rings. The maximum Gasteiger partial charge on any atom is -0.00183 e. The van der Waals surface area contributed by atoms with E-state index in [0.717, 1.165) is 0 Å². The Hall–Kier alpha value is -0.0400. The fraction of sp³-hybridized carbons (Fsp3) is 1.00. The lowest BCUT2D eigenvalue weighted by molar-refractivity contribution is 0.327. The van der Waals surface area contributed by atoms with Crippen molar-refractivity contribution in [2.45, 2.75) is 72.1 Å². The SMILES string of the molecule is CC.CCCCCCCCN1CCCC1. The molecule has 0 aromatic rings. The number of unbranched alkanes of at least 4 members (excludes halogenated alkanes) is 5. The van der Waals surface area contributed by atoms with Gasteiger partial charge in [-0.1, -0.05) is 52.9 Å². The van der Waals surface area contributed by atoms with Crippen molar-refractivity contribution in [3.8, 4) is 0 Å². The molecule has 0 bridgehead atoms. The Morgan fingerprint density at radius 3 is 1.93 bits per heavy atom. The summed E-state index contributed by atoms with van der Waals surface area (Å²) in [5.41, 5.74) is 0. The molecule has 15 heavy (non-hydrogen) atoms. The normalized spacial score (nSPS) is 16.2. The van der Waals surface area contributed by atoms with Crippen LogP contribution in [0, 0.1) is 0 Å². The molecule has 1 aliphatic rings. The van der Waals surface area contributed by atoms with Crippen LogP contribution in [-0.4, -0.2) is 24.5 Å². The first-order chi connectivity index (χ1) is 7.43. The lowest BCUT2D eigenvalue weighted by Crippen LogP contribution is -2.20. The van der Waals surface area contributed by atoms with E-state index >= 15 is 0 Å². The van der Waals surface area contributed by atoms with Crippen molar-refractivity contribution in [3.05, 3.63) is 0 Å². The summed E-state index contributed by atoms with van der Waals surface area (Å²) in [5.74, 6) is 0. The first kappa shape index (κ1) is 15.0. The summed E-state index contributed by atoms with van der Waals surface area (Å²) >= 11 is 0. The molecular formula is C14H31N. The zero-order valence-corrected chi connectivity index (χ0v) is 11.2. The smallest absolute Gasteiger partial charge is 0.00183 e. The molecule has 92 valence electrons. The van der Waals surface area contributed by atoms with Gasteiger partial charge in [0.15, 0.2) is 0 Å². The minimum absolute atomic E-state index is 1.37. The van der Waals surface area contributed by atoms with E-state index in [1.54, 1.807) is 0 Å². The third-order valence-electron chi connectivity index (χ3n) is 3.03. The Kier molecular flexibility index (Phi) is 12.0. The predicted molar refractivity (Wildman–Crippen MR) is 70.4 cm³/mol. The van der Waals surface area contributed by atoms with Gasteiger partial charge in [0.25, 0.3) is 0 Å². The Bertz CT molecular complexity index is 106. The highest BCUT2D eigenvalue weighted by Crippen LogP contribution is 2.10. The van der Waals surface area contributed by atoms with Crippen molar-refractivity contribution in [1.82, 2.24) is 4.90 Å². The largest absolute Gasteiger partial charge is 0.303 e. The van der Waals surface area contributed by atoms with Gasteiger partial charge in [-0.3, -0.25) is 0 Å². The van der Waals surface area contributed by atoms with Crippen molar-refractivity contribution in [2.75, 3.05) is 19.6 Å². The van der Waals surface area contributed by atoms with Gasteiger partial charge < -0.3 is 4.90 Å². The van der Waals surface area contributed by atoms with Gasteiger partial charge in [-0.15, -0.1) is 0 Å². The van der Waals surface area contributed by atoms with Gasteiger partial charge in [-0.05, 0) is 38.9 Å². The van der Waals surface area contributed by atoms with E-state index in [1.807, 2.05) is 13.8 Å². The van der Waals surface area contributed by atoms with E-state index in [1.165, 1.54) is 71.0 Å². The summed E-state index contributed by atoms with van der Waals surface area (Å²) in [4.78, 5) is 2.62. The third-order valence-corrected chi connectivity index (χ3v) is 3.03. The van der Waals surface area contributed by atoms with E-state index in [0.29, 0.717) is 0 Å². The molecule has 0 aromatic carbocycles. The van der Waals surface area contributed by atoms with Crippen LogP contribution in [0.3, 0.4) is 0 Å². The Balaban J connectivity index is 0.000000921. The molecule has 0 amide bonds. The van der Waals surface area contributed by atoms with Crippen molar-refractivity contribution in [3.63, 3.8) is 0 Å². The highest BCUT2D eigenvalue weighted by Gasteiger charge is 2.09. The van der Waals surface area contributed by atoms with Gasteiger partial charge in [0.05, 0.1) is 0 Å². The molecule has 1 saturated heterocycles. The summed E-state index contributed by atoms with van der Waals surface area (Å²) < 4.78 is 0. The number of rotatable bonds is 7. The molecule has 1 aliphatic heterocycles. The fourth-order valence-electron chi connectivity index (χ4n) is 2.12. The highest BCUT2D eigenvalue weighted by molar-refractivity contribution is 4.65. The predicted octanol–water partition coefficient (Wildman–Crippen LogP) is 4.47. The molecule has 1 heteroatoms. The van der Waals surface area contributed by atoms with Gasteiger partial charge in [0, 0.05) is 0 Å². The Morgan fingerprint density at radius 2 is 1.33 bits per heavy atom. The van der Waals surface area contributed by atoms with E-state index in [9.17, 15) is 0 Å². The van der Waals surface area contributed by atoms with Crippen LogP contribution in [0.1, 0.15) is 72.1 Å². The molecule has 0 atom stereocenters. The monoisotopic (exact) mass is 213 g/mol. The van der Waals surface area contributed by atoms with Crippen molar-refractivity contribution < 1.29 is 0 Å². The molecule has 0 N–H and O–H groups in total. The molecule has 0 radical (unpaired) electrons. The van der Waals surface area contributed by atoms with Crippen LogP contribution in [0.25, 0.3) is 0 Å². The quantitative estimate of drug-likeness (QED) is 0.564. The van der Waals surface area contributed by atoms with Crippen molar-refractivity contribution >= 4 is 0 Å². The molecule has 1 rings (SSSR count). The molecule has 1 heterocycles. The minimum atomic E-state index is 1.37. The second-order valence-corrected chi connectivity index (χ2v) is 4.32.